The van der Waals surface area contributed by atoms with Gasteiger partial charge in [0.2, 0.25) is 0 Å². The number of alkyl halides is 1. The van der Waals surface area contributed by atoms with Gasteiger partial charge in [0.25, 0.3) is 0 Å². The van der Waals surface area contributed by atoms with Crippen molar-refractivity contribution in [3.05, 3.63) is 51.9 Å². The van der Waals surface area contributed by atoms with Gasteiger partial charge in [0.1, 0.15) is 0 Å². The Kier molecular flexibility index (Phi) is 5.18. The Hall–Kier alpha value is 1.13. The molecule has 0 saturated carbocycles. The molecular formula is C11H5Br4ClS. The molecule has 0 aliphatic carbocycles. The number of benzene rings is 1. The summed E-state index contributed by atoms with van der Waals surface area (Å²) in [4.78, 5) is 0. The summed E-state index contributed by atoms with van der Waals surface area (Å²) in [6.07, 6.45) is 0. The van der Waals surface area contributed by atoms with E-state index in [4.69, 9.17) is 11.6 Å². The topological polar surface area (TPSA) is 0 Å². The highest BCUT2D eigenvalue weighted by Crippen LogP contribution is 2.43. The summed E-state index contributed by atoms with van der Waals surface area (Å²) >= 11 is 22.2. The van der Waals surface area contributed by atoms with E-state index in [0.717, 1.165) is 27.6 Å². The first-order valence-corrected chi connectivity index (χ1v) is 8.95. The van der Waals surface area contributed by atoms with Crippen LogP contribution in [0.25, 0.3) is 0 Å². The molecule has 1 aromatic carbocycles. The van der Waals surface area contributed by atoms with E-state index >= 15 is 0 Å². The Morgan fingerprint density at radius 3 is 2.29 bits per heavy atom. The number of thiophene rings is 1. The van der Waals surface area contributed by atoms with Crippen LogP contribution in [0.5, 0.6) is 0 Å². The summed E-state index contributed by atoms with van der Waals surface area (Å²) in [6.45, 7) is 0. The molecule has 0 aliphatic rings. The molecule has 6 heteroatoms. The lowest BCUT2D eigenvalue weighted by atomic mass is 10.1. The highest BCUT2D eigenvalue weighted by molar-refractivity contribution is 9.12. The summed E-state index contributed by atoms with van der Waals surface area (Å²) < 4.78 is 4.15. The Labute approximate surface area is 142 Å². The average molecular weight is 524 g/mol. The lowest BCUT2D eigenvalue weighted by molar-refractivity contribution is 1.13. The lowest BCUT2D eigenvalue weighted by Crippen LogP contribution is -1.93. The Balaban J connectivity index is 2.46. The average Bonchev–Trinajstić information content (AvgIpc) is 2.60. The minimum Gasteiger partial charge on any atom is -0.121 e. The predicted octanol–water partition coefficient (Wildman–Crippen LogP) is 7.13. The van der Waals surface area contributed by atoms with Crippen molar-refractivity contribution in [2.45, 2.75) is 5.38 Å². The second-order valence-corrected chi connectivity index (χ2v) is 9.26. The van der Waals surface area contributed by atoms with Crippen LogP contribution in [0.3, 0.4) is 0 Å². The van der Waals surface area contributed by atoms with E-state index in [-0.39, 0.29) is 5.38 Å². The largest absolute Gasteiger partial charge is 0.121 e. The van der Waals surface area contributed by atoms with Crippen LogP contribution < -0.4 is 0 Å². The molecule has 1 aromatic heterocycles. The Morgan fingerprint density at radius 1 is 1.00 bits per heavy atom. The van der Waals surface area contributed by atoms with E-state index in [1.54, 1.807) is 11.3 Å². The van der Waals surface area contributed by atoms with Crippen molar-refractivity contribution in [1.82, 2.24) is 0 Å². The van der Waals surface area contributed by atoms with E-state index in [0.29, 0.717) is 0 Å². The summed E-state index contributed by atoms with van der Waals surface area (Å²) in [7, 11) is 0. The number of halogens is 5. The van der Waals surface area contributed by atoms with Crippen LogP contribution in [0.2, 0.25) is 0 Å². The van der Waals surface area contributed by atoms with Gasteiger partial charge in [-0.2, -0.15) is 0 Å². The maximum atomic E-state index is 6.53. The fraction of sp³-hybridized carbons (Fsp3) is 0.0909. The molecule has 0 N–H and O–H groups in total. The van der Waals surface area contributed by atoms with E-state index in [2.05, 4.69) is 63.7 Å². The molecule has 0 bridgehead atoms. The van der Waals surface area contributed by atoms with Crippen molar-refractivity contribution in [2.24, 2.45) is 0 Å². The quantitative estimate of drug-likeness (QED) is 0.367. The molecule has 0 amide bonds. The highest BCUT2D eigenvalue weighted by Gasteiger charge is 2.19. The first-order valence-electron chi connectivity index (χ1n) is 4.53. The number of hydrogen-bond acceptors (Lipinski definition) is 1. The van der Waals surface area contributed by atoms with Gasteiger partial charge in [0.15, 0.2) is 0 Å². The predicted molar refractivity (Wildman–Crippen MR) is 89.3 cm³/mol. The monoisotopic (exact) mass is 520 g/mol. The first kappa shape index (κ1) is 14.5. The van der Waals surface area contributed by atoms with Gasteiger partial charge in [0.05, 0.1) is 12.9 Å². The van der Waals surface area contributed by atoms with Crippen molar-refractivity contribution in [2.75, 3.05) is 0 Å². The minimum absolute atomic E-state index is 0.182. The lowest BCUT2D eigenvalue weighted by Gasteiger charge is -2.11. The van der Waals surface area contributed by atoms with Crippen molar-refractivity contribution < 1.29 is 0 Å². The van der Waals surface area contributed by atoms with Gasteiger partial charge in [-0.1, -0.05) is 31.9 Å². The molecule has 1 atom stereocenters. The van der Waals surface area contributed by atoms with Gasteiger partial charge in [0, 0.05) is 14.5 Å². The second kappa shape index (κ2) is 6.06. The van der Waals surface area contributed by atoms with Crippen molar-refractivity contribution in [3.63, 3.8) is 0 Å². The maximum Gasteiger partial charge on any atom is 0.0866 e. The minimum atomic E-state index is -0.182. The summed E-state index contributed by atoms with van der Waals surface area (Å²) in [6, 6.07) is 8.04. The van der Waals surface area contributed by atoms with Gasteiger partial charge in [-0.15, -0.1) is 22.9 Å². The first-order chi connectivity index (χ1) is 7.99. The van der Waals surface area contributed by atoms with Crippen LogP contribution in [0.1, 0.15) is 16.5 Å². The zero-order valence-corrected chi connectivity index (χ0v) is 16.1. The zero-order chi connectivity index (χ0) is 12.6. The molecule has 1 heterocycles. The van der Waals surface area contributed by atoms with Crippen molar-refractivity contribution in [3.8, 4) is 0 Å². The van der Waals surface area contributed by atoms with Crippen LogP contribution in [0, 0.1) is 0 Å². The Bertz CT molecular complexity index is 552. The van der Waals surface area contributed by atoms with Crippen LogP contribution in [-0.4, -0.2) is 0 Å². The second-order valence-electron chi connectivity index (χ2n) is 3.31. The molecule has 90 valence electrons. The van der Waals surface area contributed by atoms with Gasteiger partial charge < -0.3 is 0 Å². The van der Waals surface area contributed by atoms with Gasteiger partial charge in [-0.05, 0) is 61.7 Å². The molecule has 2 aromatic rings. The van der Waals surface area contributed by atoms with Crippen molar-refractivity contribution in [1.29, 1.82) is 0 Å². The van der Waals surface area contributed by atoms with Crippen LogP contribution in [-0.2, 0) is 0 Å². The smallest absolute Gasteiger partial charge is 0.0866 e. The van der Waals surface area contributed by atoms with Gasteiger partial charge >= 0.3 is 0 Å². The SMILES string of the molecule is ClC(c1cc(Br)ccc1Br)c1cc(Br)sc1Br. The molecule has 0 spiro atoms. The van der Waals surface area contributed by atoms with Crippen LogP contribution in [0.4, 0.5) is 0 Å². The molecule has 2 rings (SSSR count). The van der Waals surface area contributed by atoms with Crippen LogP contribution in [0.15, 0.2) is 40.8 Å². The van der Waals surface area contributed by atoms with E-state index in [1.807, 2.05) is 24.3 Å². The highest BCUT2D eigenvalue weighted by atomic mass is 79.9. The fourth-order valence-electron chi connectivity index (χ4n) is 1.40. The Morgan fingerprint density at radius 2 is 1.71 bits per heavy atom. The zero-order valence-electron chi connectivity index (χ0n) is 8.18. The number of rotatable bonds is 2. The van der Waals surface area contributed by atoms with Gasteiger partial charge in [-0.3, -0.25) is 0 Å². The van der Waals surface area contributed by atoms with Crippen molar-refractivity contribution >= 4 is 86.7 Å². The molecule has 1 unspecified atom stereocenters. The third kappa shape index (κ3) is 3.37. The number of hydrogen-bond donors (Lipinski definition) is 0. The fourth-order valence-corrected chi connectivity index (χ4v) is 5.84. The molecule has 0 saturated heterocycles. The standard InChI is InChI=1S/C11H5Br4ClS/c12-5-1-2-8(13)6(3-5)10(16)7-4-9(14)17-11(7)15/h1-4,10H. The molecule has 0 aliphatic heterocycles. The normalized spacial score (nSPS) is 12.8. The molecule has 0 fully saturated rings. The molecule has 0 nitrogen and oxygen atoms in total. The van der Waals surface area contributed by atoms with E-state index < -0.39 is 0 Å². The maximum absolute atomic E-state index is 6.53. The van der Waals surface area contributed by atoms with Crippen LogP contribution >= 0.6 is 86.7 Å². The summed E-state index contributed by atoms with van der Waals surface area (Å²) in [5.41, 5.74) is 2.12. The third-order valence-electron chi connectivity index (χ3n) is 2.19. The van der Waals surface area contributed by atoms with Gasteiger partial charge in [-0.25, -0.2) is 0 Å². The molecule has 0 radical (unpaired) electrons. The summed E-state index contributed by atoms with van der Waals surface area (Å²) in [5.74, 6) is 0. The summed E-state index contributed by atoms with van der Waals surface area (Å²) in [5, 5.41) is -0.182. The van der Waals surface area contributed by atoms with E-state index in [1.165, 1.54) is 0 Å². The molecular weight excluding hydrogens is 519 g/mol. The molecule has 17 heavy (non-hydrogen) atoms. The third-order valence-corrected chi connectivity index (χ3v) is 6.26. The van der Waals surface area contributed by atoms with E-state index in [9.17, 15) is 0 Å².